The largest absolute Gasteiger partial charge is 0.378 e. The fourth-order valence-corrected chi connectivity index (χ4v) is 4.11. The van der Waals surface area contributed by atoms with E-state index in [0.717, 1.165) is 28.9 Å². The number of fused-ring (bicyclic) bond motifs is 1. The summed E-state index contributed by atoms with van der Waals surface area (Å²) in [5, 5.41) is 8.73. The lowest BCUT2D eigenvalue weighted by molar-refractivity contribution is 0.0966. The van der Waals surface area contributed by atoms with E-state index in [2.05, 4.69) is 27.0 Å². The molecule has 34 heavy (non-hydrogen) atoms. The summed E-state index contributed by atoms with van der Waals surface area (Å²) in [6.45, 7) is 4.44. The molecule has 1 aliphatic rings. The highest BCUT2D eigenvalue weighted by molar-refractivity contribution is 5.96. The summed E-state index contributed by atoms with van der Waals surface area (Å²) in [6.07, 6.45) is 10.4. The Bertz CT molecular complexity index is 1270. The standard InChI is InChI=1S/C26H30N6O2/c1-5-27-26(34)30-23-15-19(16-32-14-13-28-24(23)32)21-7-6-8-22(17(21)2)29-25(33)18-9-11-20(12-10-18)31(3)4/h6,8-16,21H,5,7H2,1-4H3,(H,29,33)(H2,27,30,34). The molecule has 3 aromatic rings. The van der Waals surface area contributed by atoms with Crippen LogP contribution in [-0.4, -0.2) is 42.0 Å². The van der Waals surface area contributed by atoms with Crippen molar-refractivity contribution in [3.05, 3.63) is 83.5 Å². The van der Waals surface area contributed by atoms with Crippen molar-refractivity contribution in [3.8, 4) is 0 Å². The molecule has 1 atom stereocenters. The number of anilines is 2. The Kier molecular flexibility index (Phi) is 6.67. The maximum atomic E-state index is 12.9. The number of hydrogen-bond acceptors (Lipinski definition) is 4. The fourth-order valence-electron chi connectivity index (χ4n) is 4.11. The number of amides is 3. The van der Waals surface area contributed by atoms with Gasteiger partial charge in [0.2, 0.25) is 0 Å². The Balaban J connectivity index is 1.60. The lowest BCUT2D eigenvalue weighted by atomic mass is 9.85. The van der Waals surface area contributed by atoms with Gasteiger partial charge in [-0.15, -0.1) is 0 Å². The van der Waals surface area contributed by atoms with Crippen molar-refractivity contribution in [2.75, 3.05) is 30.9 Å². The lowest BCUT2D eigenvalue weighted by Gasteiger charge is -2.24. The van der Waals surface area contributed by atoms with Crippen LogP contribution in [0.2, 0.25) is 0 Å². The van der Waals surface area contributed by atoms with Gasteiger partial charge in [0, 0.05) is 62.1 Å². The third kappa shape index (κ3) is 4.80. The zero-order valence-corrected chi connectivity index (χ0v) is 19.9. The van der Waals surface area contributed by atoms with E-state index in [1.165, 1.54) is 0 Å². The van der Waals surface area contributed by atoms with Gasteiger partial charge in [-0.05, 0) is 67.8 Å². The molecule has 3 N–H and O–H groups in total. The van der Waals surface area contributed by atoms with Gasteiger partial charge in [-0.3, -0.25) is 4.79 Å². The second-order valence-electron chi connectivity index (χ2n) is 8.51. The molecule has 3 amide bonds. The van der Waals surface area contributed by atoms with Crippen LogP contribution >= 0.6 is 0 Å². The second kappa shape index (κ2) is 9.82. The molecular weight excluding hydrogens is 428 g/mol. The number of imidazole rings is 1. The third-order valence-electron chi connectivity index (χ3n) is 5.99. The molecule has 8 nitrogen and oxygen atoms in total. The Morgan fingerprint density at radius 1 is 1.18 bits per heavy atom. The maximum Gasteiger partial charge on any atom is 0.319 e. The van der Waals surface area contributed by atoms with Crippen LogP contribution in [0.4, 0.5) is 16.2 Å². The van der Waals surface area contributed by atoms with Crippen LogP contribution in [-0.2, 0) is 0 Å². The minimum Gasteiger partial charge on any atom is -0.378 e. The second-order valence-corrected chi connectivity index (χ2v) is 8.51. The molecule has 1 unspecified atom stereocenters. The quantitative estimate of drug-likeness (QED) is 0.514. The summed E-state index contributed by atoms with van der Waals surface area (Å²) in [7, 11) is 3.93. The SMILES string of the molecule is CCNC(=O)Nc1cc(C2CC=CC(NC(=O)c3ccc(N(C)C)cc3)=C2C)cn2ccnc12. The number of aromatic nitrogens is 2. The summed E-state index contributed by atoms with van der Waals surface area (Å²) in [6, 6.07) is 9.21. The van der Waals surface area contributed by atoms with Gasteiger partial charge >= 0.3 is 6.03 Å². The minimum atomic E-state index is -0.270. The molecule has 4 rings (SSSR count). The normalized spacial score (nSPS) is 15.4. The molecule has 176 valence electrons. The number of carbonyl (C=O) groups is 2. The van der Waals surface area contributed by atoms with Crippen LogP contribution in [0.15, 0.2) is 72.3 Å². The average molecular weight is 459 g/mol. The van der Waals surface area contributed by atoms with Crippen LogP contribution in [0, 0.1) is 0 Å². The topological polar surface area (TPSA) is 90.8 Å². The van der Waals surface area contributed by atoms with Crippen LogP contribution in [0.5, 0.6) is 0 Å². The predicted molar refractivity (Wildman–Crippen MR) is 135 cm³/mol. The molecule has 2 heterocycles. The van der Waals surface area contributed by atoms with Crippen LogP contribution in [0.25, 0.3) is 5.65 Å². The number of carbonyl (C=O) groups excluding carboxylic acids is 2. The molecular formula is C26H30N6O2. The molecule has 0 bridgehead atoms. The van der Waals surface area contributed by atoms with Gasteiger partial charge in [0.25, 0.3) is 5.91 Å². The zero-order chi connectivity index (χ0) is 24.2. The number of nitrogens with zero attached hydrogens (tertiary/aromatic N) is 3. The first-order valence-corrected chi connectivity index (χ1v) is 11.3. The zero-order valence-electron chi connectivity index (χ0n) is 19.9. The number of hydrogen-bond donors (Lipinski definition) is 3. The summed E-state index contributed by atoms with van der Waals surface area (Å²) in [5.74, 6) is -0.0911. The highest BCUT2D eigenvalue weighted by Crippen LogP contribution is 2.35. The minimum absolute atomic E-state index is 0.0537. The number of benzene rings is 1. The lowest BCUT2D eigenvalue weighted by Crippen LogP contribution is -2.28. The van der Waals surface area contributed by atoms with E-state index < -0.39 is 0 Å². The van der Waals surface area contributed by atoms with Crippen molar-refractivity contribution in [1.82, 2.24) is 20.0 Å². The molecule has 8 heteroatoms. The summed E-state index contributed by atoms with van der Waals surface area (Å²) >= 11 is 0. The van der Waals surface area contributed by atoms with E-state index in [1.807, 2.05) is 86.0 Å². The number of pyridine rings is 1. The van der Waals surface area contributed by atoms with Gasteiger partial charge in [0.05, 0.1) is 5.69 Å². The van der Waals surface area contributed by atoms with Gasteiger partial charge in [-0.25, -0.2) is 9.78 Å². The fraction of sp³-hybridized carbons (Fsp3) is 0.269. The van der Waals surface area contributed by atoms with Crippen LogP contribution < -0.4 is 20.9 Å². The van der Waals surface area contributed by atoms with Gasteiger partial charge in [0.15, 0.2) is 5.65 Å². The van der Waals surface area contributed by atoms with E-state index in [4.69, 9.17) is 0 Å². The van der Waals surface area contributed by atoms with Crippen molar-refractivity contribution in [2.24, 2.45) is 0 Å². The van der Waals surface area contributed by atoms with Crippen molar-refractivity contribution in [3.63, 3.8) is 0 Å². The number of urea groups is 1. The smallest absolute Gasteiger partial charge is 0.319 e. The van der Waals surface area contributed by atoms with Crippen molar-refractivity contribution >= 4 is 29.0 Å². The van der Waals surface area contributed by atoms with Gasteiger partial charge in [-0.2, -0.15) is 0 Å². The molecule has 2 aromatic heterocycles. The highest BCUT2D eigenvalue weighted by Gasteiger charge is 2.22. The first-order chi connectivity index (χ1) is 16.4. The average Bonchev–Trinajstić information content (AvgIpc) is 3.29. The van der Waals surface area contributed by atoms with E-state index in [0.29, 0.717) is 23.4 Å². The van der Waals surface area contributed by atoms with E-state index in [1.54, 1.807) is 6.20 Å². The van der Waals surface area contributed by atoms with Crippen molar-refractivity contribution in [1.29, 1.82) is 0 Å². The summed E-state index contributed by atoms with van der Waals surface area (Å²) in [5.41, 5.74) is 5.85. The van der Waals surface area contributed by atoms with Crippen molar-refractivity contribution < 1.29 is 9.59 Å². The molecule has 0 saturated heterocycles. The molecule has 0 fully saturated rings. The van der Waals surface area contributed by atoms with Crippen LogP contribution in [0.3, 0.4) is 0 Å². The van der Waals surface area contributed by atoms with Gasteiger partial charge in [-0.1, -0.05) is 6.08 Å². The van der Waals surface area contributed by atoms with E-state index in [9.17, 15) is 9.59 Å². The van der Waals surface area contributed by atoms with Crippen molar-refractivity contribution in [2.45, 2.75) is 26.2 Å². The van der Waals surface area contributed by atoms with Crippen LogP contribution in [0.1, 0.15) is 42.1 Å². The molecule has 1 aromatic carbocycles. The first kappa shape index (κ1) is 23.1. The maximum absolute atomic E-state index is 12.9. The third-order valence-corrected chi connectivity index (χ3v) is 5.99. The monoisotopic (exact) mass is 458 g/mol. The molecule has 0 aliphatic heterocycles. The van der Waals surface area contributed by atoms with Gasteiger partial charge in [0.1, 0.15) is 0 Å². The number of rotatable bonds is 6. The molecule has 0 radical (unpaired) electrons. The molecule has 1 aliphatic carbocycles. The Morgan fingerprint density at radius 3 is 2.65 bits per heavy atom. The highest BCUT2D eigenvalue weighted by atomic mass is 16.2. The Labute approximate surface area is 199 Å². The predicted octanol–water partition coefficient (Wildman–Crippen LogP) is 4.29. The summed E-state index contributed by atoms with van der Waals surface area (Å²) < 4.78 is 1.91. The number of nitrogens with one attached hydrogen (secondary N) is 3. The number of allylic oxidation sites excluding steroid dienone is 3. The summed E-state index contributed by atoms with van der Waals surface area (Å²) in [4.78, 5) is 31.4. The van der Waals surface area contributed by atoms with E-state index >= 15 is 0 Å². The van der Waals surface area contributed by atoms with E-state index in [-0.39, 0.29) is 17.9 Å². The van der Waals surface area contributed by atoms with Gasteiger partial charge < -0.3 is 25.3 Å². The molecule has 0 spiro atoms. The Morgan fingerprint density at radius 2 is 1.94 bits per heavy atom. The first-order valence-electron chi connectivity index (χ1n) is 11.3. The molecule has 0 saturated carbocycles. The Hall–Kier alpha value is -4.07.